The van der Waals surface area contributed by atoms with E-state index in [9.17, 15) is 22.8 Å². The lowest BCUT2D eigenvalue weighted by Gasteiger charge is -2.07. The number of hydrogen-bond donors (Lipinski definition) is 2. The summed E-state index contributed by atoms with van der Waals surface area (Å²) in [5.74, 6) is 0.501. The molecule has 0 atom stereocenters. The van der Waals surface area contributed by atoms with Gasteiger partial charge in [-0.15, -0.1) is 10.2 Å². The molecule has 9 heteroatoms. The highest BCUT2D eigenvalue weighted by Crippen LogP contribution is 2.30. The summed E-state index contributed by atoms with van der Waals surface area (Å²) in [6.45, 7) is 0.660. The third-order valence-electron chi connectivity index (χ3n) is 4.12. The standard InChI is InChI=1S/C17H17F3N4O2/c18-17(19,20)12-5-3-11(4-6-12)15-22-16(26)13(23-24-15)7-8-14(25)21-9-10-1-2-10/h3-6,10H,1-2,7-9H2,(H,21,25)(H,22,24,26). The molecule has 2 aromatic rings. The van der Waals surface area contributed by atoms with Gasteiger partial charge in [-0.05, 0) is 30.9 Å². The van der Waals surface area contributed by atoms with Gasteiger partial charge in [0.15, 0.2) is 5.82 Å². The lowest BCUT2D eigenvalue weighted by Crippen LogP contribution is -2.27. The Kier molecular flexibility index (Phi) is 5.06. The molecular weight excluding hydrogens is 349 g/mol. The van der Waals surface area contributed by atoms with Crippen LogP contribution in [0.4, 0.5) is 13.2 Å². The van der Waals surface area contributed by atoms with Crippen LogP contribution in [0.1, 0.15) is 30.5 Å². The van der Waals surface area contributed by atoms with Gasteiger partial charge in [0.05, 0.1) is 5.56 Å². The number of aromatic nitrogens is 3. The fourth-order valence-electron chi connectivity index (χ4n) is 2.37. The number of rotatable bonds is 6. The zero-order chi connectivity index (χ0) is 18.7. The smallest absolute Gasteiger partial charge is 0.356 e. The summed E-state index contributed by atoms with van der Waals surface area (Å²) in [5, 5.41) is 10.5. The molecule has 26 heavy (non-hydrogen) atoms. The number of aryl methyl sites for hydroxylation is 1. The molecule has 1 saturated carbocycles. The van der Waals surface area contributed by atoms with E-state index in [1.807, 2.05) is 0 Å². The summed E-state index contributed by atoms with van der Waals surface area (Å²) >= 11 is 0. The minimum Gasteiger partial charge on any atom is -0.356 e. The van der Waals surface area contributed by atoms with E-state index in [4.69, 9.17) is 0 Å². The first-order chi connectivity index (χ1) is 12.3. The van der Waals surface area contributed by atoms with Crippen LogP contribution in [0.3, 0.4) is 0 Å². The zero-order valence-corrected chi connectivity index (χ0v) is 13.8. The van der Waals surface area contributed by atoms with Gasteiger partial charge < -0.3 is 10.3 Å². The monoisotopic (exact) mass is 366 g/mol. The van der Waals surface area contributed by atoms with E-state index < -0.39 is 17.3 Å². The third-order valence-corrected chi connectivity index (χ3v) is 4.12. The van der Waals surface area contributed by atoms with Crippen molar-refractivity contribution in [3.8, 4) is 11.4 Å². The Bertz CT molecular complexity index is 842. The van der Waals surface area contributed by atoms with Crippen LogP contribution in [-0.4, -0.2) is 27.6 Å². The Labute approximate surface area is 146 Å². The lowest BCUT2D eigenvalue weighted by molar-refractivity contribution is -0.137. The number of aromatic amines is 1. The number of amides is 1. The van der Waals surface area contributed by atoms with Crippen molar-refractivity contribution in [2.75, 3.05) is 6.54 Å². The van der Waals surface area contributed by atoms with E-state index >= 15 is 0 Å². The van der Waals surface area contributed by atoms with Crippen molar-refractivity contribution in [1.29, 1.82) is 0 Å². The Morgan fingerprint density at radius 1 is 1.19 bits per heavy atom. The fourth-order valence-corrected chi connectivity index (χ4v) is 2.37. The Balaban J connectivity index is 1.63. The molecule has 1 aromatic heterocycles. The maximum absolute atomic E-state index is 12.6. The Morgan fingerprint density at radius 3 is 2.46 bits per heavy atom. The first kappa shape index (κ1) is 18.1. The van der Waals surface area contributed by atoms with E-state index in [1.54, 1.807) is 0 Å². The SMILES string of the molecule is O=C(CCc1nnc(-c2ccc(C(F)(F)F)cc2)[nH]c1=O)NCC1CC1. The molecule has 6 nitrogen and oxygen atoms in total. The number of benzene rings is 1. The summed E-state index contributed by atoms with van der Waals surface area (Å²) in [5.41, 5.74) is -0.867. The van der Waals surface area contributed by atoms with Crippen molar-refractivity contribution >= 4 is 5.91 Å². The maximum atomic E-state index is 12.6. The Hall–Kier alpha value is -2.71. The molecule has 1 aromatic carbocycles. The fraction of sp³-hybridized carbons (Fsp3) is 0.412. The summed E-state index contributed by atoms with van der Waals surface area (Å²) in [7, 11) is 0. The molecule has 1 amide bonds. The van der Waals surface area contributed by atoms with Gasteiger partial charge in [0.2, 0.25) is 5.91 Å². The predicted octanol–water partition coefficient (Wildman–Crippen LogP) is 2.31. The lowest BCUT2D eigenvalue weighted by atomic mass is 10.1. The Morgan fingerprint density at radius 2 is 1.88 bits per heavy atom. The molecule has 0 saturated heterocycles. The molecule has 0 bridgehead atoms. The van der Waals surface area contributed by atoms with Crippen molar-refractivity contribution in [2.24, 2.45) is 5.92 Å². The van der Waals surface area contributed by atoms with Crippen LogP contribution in [0, 0.1) is 5.92 Å². The first-order valence-electron chi connectivity index (χ1n) is 8.23. The van der Waals surface area contributed by atoms with Crippen molar-refractivity contribution in [2.45, 2.75) is 31.9 Å². The molecule has 3 rings (SSSR count). The average Bonchev–Trinajstić information content (AvgIpc) is 3.42. The van der Waals surface area contributed by atoms with Crippen molar-refractivity contribution in [3.05, 3.63) is 45.9 Å². The van der Waals surface area contributed by atoms with Gasteiger partial charge in [-0.2, -0.15) is 13.2 Å². The number of nitrogens with zero attached hydrogens (tertiary/aromatic N) is 2. The van der Waals surface area contributed by atoms with E-state index in [0.29, 0.717) is 18.0 Å². The van der Waals surface area contributed by atoms with E-state index in [-0.39, 0.29) is 30.3 Å². The highest BCUT2D eigenvalue weighted by Gasteiger charge is 2.30. The van der Waals surface area contributed by atoms with Crippen LogP contribution in [0.15, 0.2) is 29.1 Å². The van der Waals surface area contributed by atoms with Gasteiger partial charge in [-0.25, -0.2) is 0 Å². The first-order valence-corrected chi connectivity index (χ1v) is 8.23. The van der Waals surface area contributed by atoms with Gasteiger partial charge in [-0.1, -0.05) is 12.1 Å². The molecule has 138 valence electrons. The number of hydrogen-bond acceptors (Lipinski definition) is 4. The van der Waals surface area contributed by atoms with E-state index in [1.165, 1.54) is 12.1 Å². The average molecular weight is 366 g/mol. The van der Waals surface area contributed by atoms with Gasteiger partial charge in [0.1, 0.15) is 5.69 Å². The van der Waals surface area contributed by atoms with Crippen LogP contribution in [0.5, 0.6) is 0 Å². The molecule has 0 aliphatic heterocycles. The molecule has 1 aliphatic rings. The predicted molar refractivity (Wildman–Crippen MR) is 87.1 cm³/mol. The third kappa shape index (κ3) is 4.68. The highest BCUT2D eigenvalue weighted by molar-refractivity contribution is 5.76. The topological polar surface area (TPSA) is 87.7 Å². The molecule has 2 N–H and O–H groups in total. The number of alkyl halides is 3. The van der Waals surface area contributed by atoms with Gasteiger partial charge in [-0.3, -0.25) is 9.59 Å². The van der Waals surface area contributed by atoms with Gasteiger partial charge in [0, 0.05) is 24.9 Å². The number of carbonyl (C=O) groups is 1. The van der Waals surface area contributed by atoms with Crippen LogP contribution < -0.4 is 10.9 Å². The summed E-state index contributed by atoms with van der Waals surface area (Å²) < 4.78 is 37.7. The molecular formula is C17H17F3N4O2. The minimum absolute atomic E-state index is 0.0747. The summed E-state index contributed by atoms with van der Waals surface area (Å²) in [4.78, 5) is 26.2. The quantitative estimate of drug-likeness (QED) is 0.821. The van der Waals surface area contributed by atoms with Crippen LogP contribution >= 0.6 is 0 Å². The van der Waals surface area contributed by atoms with Crippen LogP contribution in [-0.2, 0) is 17.4 Å². The van der Waals surface area contributed by atoms with Crippen molar-refractivity contribution in [3.63, 3.8) is 0 Å². The number of H-pyrrole nitrogens is 1. The number of halogens is 3. The molecule has 0 spiro atoms. The minimum atomic E-state index is -4.43. The highest BCUT2D eigenvalue weighted by atomic mass is 19.4. The van der Waals surface area contributed by atoms with Crippen LogP contribution in [0.2, 0.25) is 0 Å². The van der Waals surface area contributed by atoms with Crippen molar-refractivity contribution < 1.29 is 18.0 Å². The summed E-state index contributed by atoms with van der Waals surface area (Å²) in [6, 6.07) is 4.25. The number of nitrogens with one attached hydrogen (secondary N) is 2. The van der Waals surface area contributed by atoms with Gasteiger partial charge >= 0.3 is 6.18 Å². The second-order valence-corrected chi connectivity index (χ2v) is 6.27. The van der Waals surface area contributed by atoms with Crippen molar-refractivity contribution in [1.82, 2.24) is 20.5 Å². The molecule has 0 radical (unpaired) electrons. The van der Waals surface area contributed by atoms with Gasteiger partial charge in [0.25, 0.3) is 5.56 Å². The van der Waals surface area contributed by atoms with E-state index in [0.717, 1.165) is 25.0 Å². The molecule has 0 unspecified atom stereocenters. The largest absolute Gasteiger partial charge is 0.416 e. The normalized spacial score (nSPS) is 14.3. The molecule has 1 heterocycles. The second kappa shape index (κ2) is 7.27. The maximum Gasteiger partial charge on any atom is 0.416 e. The molecule has 1 fully saturated rings. The zero-order valence-electron chi connectivity index (χ0n) is 13.8. The number of carbonyl (C=O) groups excluding carboxylic acids is 1. The second-order valence-electron chi connectivity index (χ2n) is 6.27. The van der Waals surface area contributed by atoms with Crippen LogP contribution in [0.25, 0.3) is 11.4 Å². The summed E-state index contributed by atoms with van der Waals surface area (Å²) in [6.07, 6.45) is -1.88. The molecule has 1 aliphatic carbocycles. The van der Waals surface area contributed by atoms with E-state index in [2.05, 4.69) is 20.5 Å².